The van der Waals surface area contributed by atoms with Crippen LogP contribution < -0.4 is 0 Å². The number of rotatable bonds is 2. The molecule has 0 aromatic heterocycles. The SMILES string of the molecule is CC(C)OC(=O)[C@@H]1CC2=CCC=C[C@]2(C)C2=C1C1=CCC[C@@]1(C)CC2. The molecule has 0 spiro atoms. The molecule has 0 saturated carbocycles. The molecule has 0 unspecified atom stereocenters. The van der Waals surface area contributed by atoms with E-state index in [1.807, 2.05) is 13.8 Å². The van der Waals surface area contributed by atoms with Gasteiger partial charge in [-0.2, -0.15) is 0 Å². The minimum Gasteiger partial charge on any atom is -0.462 e. The Morgan fingerprint density at radius 1 is 1.24 bits per heavy atom. The highest BCUT2D eigenvalue weighted by Crippen LogP contribution is 2.61. The van der Waals surface area contributed by atoms with E-state index in [1.54, 1.807) is 0 Å². The highest BCUT2D eigenvalue weighted by Gasteiger charge is 2.50. The molecule has 0 aliphatic heterocycles. The molecule has 2 heteroatoms. The maximum absolute atomic E-state index is 13.0. The van der Waals surface area contributed by atoms with Gasteiger partial charge in [-0.05, 0) is 75.9 Å². The first-order valence-electron chi connectivity index (χ1n) is 9.87. The number of ether oxygens (including phenoxy) is 1. The maximum atomic E-state index is 13.0. The lowest BCUT2D eigenvalue weighted by Crippen LogP contribution is -2.40. The van der Waals surface area contributed by atoms with Gasteiger partial charge in [-0.15, -0.1) is 0 Å². The molecular formula is C23H30O2. The van der Waals surface area contributed by atoms with Crippen LogP contribution in [0.2, 0.25) is 0 Å². The summed E-state index contributed by atoms with van der Waals surface area (Å²) in [7, 11) is 0. The van der Waals surface area contributed by atoms with Gasteiger partial charge in [0.2, 0.25) is 0 Å². The van der Waals surface area contributed by atoms with Gasteiger partial charge in [0, 0.05) is 5.41 Å². The lowest BCUT2D eigenvalue weighted by Gasteiger charge is -2.49. The van der Waals surface area contributed by atoms with Crippen LogP contribution in [0.15, 0.2) is 46.6 Å². The summed E-state index contributed by atoms with van der Waals surface area (Å²) in [6.07, 6.45) is 15.9. The van der Waals surface area contributed by atoms with Crippen LogP contribution in [-0.4, -0.2) is 12.1 Å². The number of fused-ring (bicyclic) bond motifs is 4. The molecule has 0 amide bonds. The van der Waals surface area contributed by atoms with Gasteiger partial charge in [0.1, 0.15) is 0 Å². The third-order valence-electron chi connectivity index (χ3n) is 6.89. The molecule has 0 heterocycles. The molecule has 0 saturated heterocycles. The van der Waals surface area contributed by atoms with Gasteiger partial charge in [0.25, 0.3) is 0 Å². The van der Waals surface area contributed by atoms with Gasteiger partial charge >= 0.3 is 5.97 Å². The van der Waals surface area contributed by atoms with Crippen molar-refractivity contribution in [3.05, 3.63) is 46.6 Å². The average Bonchev–Trinajstić information content (AvgIpc) is 2.94. The quantitative estimate of drug-likeness (QED) is 0.479. The smallest absolute Gasteiger partial charge is 0.314 e. The Balaban J connectivity index is 1.87. The van der Waals surface area contributed by atoms with E-state index in [0.29, 0.717) is 0 Å². The highest BCUT2D eigenvalue weighted by molar-refractivity contribution is 5.80. The minimum absolute atomic E-state index is 0.00690. The van der Waals surface area contributed by atoms with Crippen LogP contribution >= 0.6 is 0 Å². The second-order valence-corrected chi connectivity index (χ2v) is 8.92. The van der Waals surface area contributed by atoms with Crippen LogP contribution in [0.1, 0.15) is 66.2 Å². The normalized spacial score (nSPS) is 36.4. The highest BCUT2D eigenvalue weighted by atomic mass is 16.5. The van der Waals surface area contributed by atoms with Crippen molar-refractivity contribution in [3.8, 4) is 0 Å². The number of hydrogen-bond donors (Lipinski definition) is 0. The Morgan fingerprint density at radius 2 is 2.04 bits per heavy atom. The lowest BCUT2D eigenvalue weighted by molar-refractivity contribution is -0.151. The first kappa shape index (κ1) is 16.9. The fraction of sp³-hybridized carbons (Fsp3) is 0.609. The predicted octanol–water partition coefficient (Wildman–Crippen LogP) is 5.67. The molecule has 3 atom stereocenters. The van der Waals surface area contributed by atoms with Crippen molar-refractivity contribution >= 4 is 5.97 Å². The first-order chi connectivity index (χ1) is 11.8. The zero-order valence-electron chi connectivity index (χ0n) is 16.0. The zero-order chi connectivity index (χ0) is 17.8. The van der Waals surface area contributed by atoms with Crippen LogP contribution in [0.5, 0.6) is 0 Å². The van der Waals surface area contributed by atoms with Crippen molar-refractivity contribution in [2.45, 2.75) is 72.3 Å². The number of carbonyl (C=O) groups excluding carboxylic acids is 1. The zero-order valence-corrected chi connectivity index (χ0v) is 16.0. The Morgan fingerprint density at radius 3 is 2.80 bits per heavy atom. The molecule has 0 bridgehead atoms. The largest absolute Gasteiger partial charge is 0.462 e. The van der Waals surface area contributed by atoms with Gasteiger partial charge in [-0.25, -0.2) is 0 Å². The maximum Gasteiger partial charge on any atom is 0.314 e. The summed E-state index contributed by atoms with van der Waals surface area (Å²) in [6.45, 7) is 8.64. The van der Waals surface area contributed by atoms with E-state index in [0.717, 1.165) is 25.7 Å². The van der Waals surface area contributed by atoms with E-state index in [-0.39, 0.29) is 28.8 Å². The Hall–Kier alpha value is -1.57. The topological polar surface area (TPSA) is 26.3 Å². The molecule has 2 nitrogen and oxygen atoms in total. The summed E-state index contributed by atoms with van der Waals surface area (Å²) in [5.74, 6) is -0.149. The third kappa shape index (κ3) is 2.48. The van der Waals surface area contributed by atoms with E-state index < -0.39 is 0 Å². The predicted molar refractivity (Wildman–Crippen MR) is 101 cm³/mol. The van der Waals surface area contributed by atoms with Gasteiger partial charge in [0.15, 0.2) is 0 Å². The van der Waals surface area contributed by atoms with Crippen LogP contribution in [0.3, 0.4) is 0 Å². The molecule has 4 aliphatic carbocycles. The molecule has 0 radical (unpaired) electrons. The molecule has 0 fully saturated rings. The standard InChI is InChI=1S/C23H30O2/c1-15(2)25-21(24)17-14-16-8-5-6-12-23(16,4)19-10-13-22(3)11-7-9-18(22)20(17)19/h6,8-9,12,15,17H,5,7,10-11,13-14H2,1-4H3/t17-,22+,23+/m1/s1. The summed E-state index contributed by atoms with van der Waals surface area (Å²) in [5, 5.41) is 0. The summed E-state index contributed by atoms with van der Waals surface area (Å²) in [4.78, 5) is 13.0. The molecule has 4 rings (SSSR count). The second kappa shape index (κ2) is 5.72. The summed E-state index contributed by atoms with van der Waals surface area (Å²) in [5.41, 5.74) is 5.96. The molecule has 134 valence electrons. The number of carbonyl (C=O) groups is 1. The van der Waals surface area contributed by atoms with E-state index in [2.05, 4.69) is 38.2 Å². The van der Waals surface area contributed by atoms with Crippen molar-refractivity contribution in [2.75, 3.05) is 0 Å². The van der Waals surface area contributed by atoms with E-state index in [4.69, 9.17) is 4.74 Å². The number of allylic oxidation sites excluding steroid dienone is 7. The average molecular weight is 338 g/mol. The Bertz CT molecular complexity index is 733. The van der Waals surface area contributed by atoms with Crippen molar-refractivity contribution in [1.82, 2.24) is 0 Å². The fourth-order valence-electron chi connectivity index (χ4n) is 5.51. The van der Waals surface area contributed by atoms with E-state index >= 15 is 0 Å². The molecule has 0 N–H and O–H groups in total. The number of hydrogen-bond acceptors (Lipinski definition) is 2. The molecular weight excluding hydrogens is 308 g/mol. The van der Waals surface area contributed by atoms with Gasteiger partial charge in [0.05, 0.1) is 12.0 Å². The van der Waals surface area contributed by atoms with Crippen LogP contribution in [0, 0.1) is 16.7 Å². The van der Waals surface area contributed by atoms with Crippen LogP contribution in [0.4, 0.5) is 0 Å². The second-order valence-electron chi connectivity index (χ2n) is 8.92. The summed E-state index contributed by atoms with van der Waals surface area (Å²) >= 11 is 0. The molecule has 4 aliphatic rings. The molecule has 0 aromatic carbocycles. The van der Waals surface area contributed by atoms with Crippen molar-refractivity contribution in [1.29, 1.82) is 0 Å². The molecule has 25 heavy (non-hydrogen) atoms. The minimum atomic E-state index is -0.118. The molecule has 0 aromatic rings. The van der Waals surface area contributed by atoms with Gasteiger partial charge < -0.3 is 4.74 Å². The third-order valence-corrected chi connectivity index (χ3v) is 6.89. The first-order valence-corrected chi connectivity index (χ1v) is 9.87. The Labute approximate surface area is 151 Å². The number of esters is 1. The fourth-order valence-corrected chi connectivity index (χ4v) is 5.51. The van der Waals surface area contributed by atoms with Gasteiger partial charge in [-0.3, -0.25) is 4.79 Å². The monoisotopic (exact) mass is 338 g/mol. The lowest BCUT2D eigenvalue weighted by atomic mass is 9.55. The summed E-state index contributed by atoms with van der Waals surface area (Å²) < 4.78 is 5.69. The van der Waals surface area contributed by atoms with E-state index in [1.165, 1.54) is 35.1 Å². The van der Waals surface area contributed by atoms with Crippen molar-refractivity contribution < 1.29 is 9.53 Å². The van der Waals surface area contributed by atoms with Gasteiger partial charge in [-0.1, -0.05) is 42.4 Å². The Kier molecular flexibility index (Phi) is 3.86. The van der Waals surface area contributed by atoms with Crippen molar-refractivity contribution in [3.63, 3.8) is 0 Å². The van der Waals surface area contributed by atoms with Crippen LogP contribution in [0.25, 0.3) is 0 Å². The van der Waals surface area contributed by atoms with E-state index in [9.17, 15) is 4.79 Å². The van der Waals surface area contributed by atoms with Crippen molar-refractivity contribution in [2.24, 2.45) is 16.7 Å². The van der Waals surface area contributed by atoms with Crippen LogP contribution in [-0.2, 0) is 9.53 Å². The summed E-state index contributed by atoms with van der Waals surface area (Å²) in [6, 6.07) is 0.